The molecule has 0 saturated heterocycles. The Bertz CT molecular complexity index is 1580. The van der Waals surface area contributed by atoms with Crippen LogP contribution in [0, 0.1) is 12.8 Å². The topological polar surface area (TPSA) is 104 Å². The van der Waals surface area contributed by atoms with Crippen molar-refractivity contribution in [2.24, 2.45) is 5.92 Å². The second-order valence-electron chi connectivity index (χ2n) is 8.98. The fourth-order valence-electron chi connectivity index (χ4n) is 4.92. The number of ether oxygens (including phenoxy) is 3. The summed E-state index contributed by atoms with van der Waals surface area (Å²) in [7, 11) is 2.40. The van der Waals surface area contributed by atoms with Crippen molar-refractivity contribution in [1.82, 2.24) is 0 Å². The normalized spacial score (nSPS) is 20.2. The number of hydrogen-bond donors (Lipinski definition) is 1. The first kappa shape index (κ1) is 25.4. The number of nitrogens with one attached hydrogen (secondary N) is 1. The number of carbonyl (C=O) groups excluding carboxylic acids is 2. The molecule has 3 aromatic carbocycles. The quantitative estimate of drug-likeness (QED) is 0.281. The first-order valence-electron chi connectivity index (χ1n) is 11.8. The van der Waals surface area contributed by atoms with Crippen molar-refractivity contribution in [3.05, 3.63) is 105 Å². The van der Waals surface area contributed by atoms with E-state index in [1.165, 1.54) is 14.2 Å². The first-order valence-corrected chi connectivity index (χ1v) is 12.2. The molecule has 0 fully saturated rings. The number of aryl methyl sites for hydroxylation is 1. The van der Waals surface area contributed by atoms with E-state index in [9.17, 15) is 14.4 Å². The number of benzene rings is 3. The number of anilines is 1. The molecular weight excluding hydrogens is 510 g/mol. The lowest BCUT2D eigenvalue weighted by molar-refractivity contribution is -0.174. The Morgan fingerprint density at radius 2 is 1.63 bits per heavy atom. The molecule has 4 aromatic rings. The first-order chi connectivity index (χ1) is 18.3. The number of para-hydroxylation sites is 1. The molecule has 2 heterocycles. The Balaban J connectivity index is 1.88. The van der Waals surface area contributed by atoms with Crippen molar-refractivity contribution in [1.29, 1.82) is 0 Å². The third-order valence-corrected chi connectivity index (χ3v) is 6.95. The highest BCUT2D eigenvalue weighted by atomic mass is 35.5. The number of rotatable bonds is 5. The van der Waals surface area contributed by atoms with Gasteiger partial charge in [0, 0.05) is 16.6 Å². The van der Waals surface area contributed by atoms with Gasteiger partial charge in [0.2, 0.25) is 0 Å². The summed E-state index contributed by atoms with van der Waals surface area (Å²) in [5.74, 6) is -3.96. The van der Waals surface area contributed by atoms with Gasteiger partial charge in [0.15, 0.2) is 0 Å². The molecule has 5 rings (SSSR count). The Hall–Kier alpha value is -4.30. The van der Waals surface area contributed by atoms with Gasteiger partial charge in [-0.05, 0) is 48.9 Å². The lowest BCUT2D eigenvalue weighted by Gasteiger charge is -2.45. The van der Waals surface area contributed by atoms with Crippen molar-refractivity contribution in [3.8, 4) is 5.75 Å². The molecule has 1 aliphatic rings. The molecule has 0 radical (unpaired) electrons. The van der Waals surface area contributed by atoms with E-state index >= 15 is 0 Å². The van der Waals surface area contributed by atoms with E-state index in [-0.39, 0.29) is 16.9 Å². The SMILES string of the molecule is COC(=O)C1C(c2ccc(C)cc2)c2c(c3ccccc3oc2=O)OC1(Nc1ccc(Cl)cc1)C(=O)OC. The molecule has 3 unspecified atom stereocenters. The van der Waals surface area contributed by atoms with Crippen LogP contribution < -0.4 is 15.7 Å². The maximum Gasteiger partial charge on any atom is 0.373 e. The summed E-state index contributed by atoms with van der Waals surface area (Å²) in [6.45, 7) is 1.92. The lowest BCUT2D eigenvalue weighted by atomic mass is 9.72. The predicted molar refractivity (Wildman–Crippen MR) is 141 cm³/mol. The Kier molecular flexibility index (Phi) is 6.59. The maximum absolute atomic E-state index is 13.7. The molecule has 0 amide bonds. The van der Waals surface area contributed by atoms with Crippen LogP contribution in [0.4, 0.5) is 5.69 Å². The lowest BCUT2D eigenvalue weighted by Crippen LogP contribution is -2.64. The van der Waals surface area contributed by atoms with Crippen molar-refractivity contribution >= 4 is 40.2 Å². The minimum absolute atomic E-state index is 0.0976. The molecule has 194 valence electrons. The molecule has 0 saturated carbocycles. The van der Waals surface area contributed by atoms with Crippen molar-refractivity contribution in [3.63, 3.8) is 0 Å². The van der Waals surface area contributed by atoms with Crippen LogP contribution in [0.1, 0.15) is 22.6 Å². The summed E-state index contributed by atoms with van der Waals surface area (Å²) in [6, 6.07) is 20.6. The highest BCUT2D eigenvalue weighted by Gasteiger charge is 2.62. The van der Waals surface area contributed by atoms with Crippen LogP contribution in [0.2, 0.25) is 5.02 Å². The molecule has 1 aromatic heterocycles. The molecule has 0 aliphatic carbocycles. The average molecular weight is 534 g/mol. The summed E-state index contributed by atoms with van der Waals surface area (Å²) in [5.41, 5.74) is -0.477. The second-order valence-corrected chi connectivity index (χ2v) is 9.42. The second kappa shape index (κ2) is 9.87. The molecule has 9 heteroatoms. The van der Waals surface area contributed by atoms with Crippen LogP contribution >= 0.6 is 11.6 Å². The van der Waals surface area contributed by atoms with Gasteiger partial charge in [-0.3, -0.25) is 4.79 Å². The van der Waals surface area contributed by atoms with E-state index in [1.807, 2.05) is 19.1 Å². The molecule has 0 spiro atoms. The fraction of sp³-hybridized carbons (Fsp3) is 0.207. The zero-order chi connectivity index (χ0) is 27.0. The third-order valence-electron chi connectivity index (χ3n) is 6.70. The van der Waals surface area contributed by atoms with E-state index in [0.717, 1.165) is 5.56 Å². The van der Waals surface area contributed by atoms with Gasteiger partial charge in [-0.15, -0.1) is 0 Å². The van der Waals surface area contributed by atoms with Crippen molar-refractivity contribution in [2.75, 3.05) is 19.5 Å². The monoisotopic (exact) mass is 533 g/mol. The number of hydrogen-bond acceptors (Lipinski definition) is 8. The predicted octanol–water partition coefficient (Wildman–Crippen LogP) is 5.05. The van der Waals surface area contributed by atoms with Gasteiger partial charge in [0.25, 0.3) is 5.72 Å². The molecule has 1 aliphatic heterocycles. The van der Waals surface area contributed by atoms with Gasteiger partial charge in [0.05, 0.1) is 25.2 Å². The van der Waals surface area contributed by atoms with E-state index in [4.69, 9.17) is 30.2 Å². The standard InChI is InChI=1S/C29H24ClNO7/c1-16-8-10-17(11-9-16)22-23-25(20-6-4-5-7-21(20)37-26(23)32)38-29(28(34)36-3,24(22)27(33)35-2)31-19-14-12-18(30)13-15-19/h4-15,22,24,31H,1-3H3. The molecule has 3 atom stereocenters. The van der Waals surface area contributed by atoms with Crippen molar-refractivity contribution in [2.45, 2.75) is 18.6 Å². The highest BCUT2D eigenvalue weighted by molar-refractivity contribution is 6.30. The van der Waals surface area contributed by atoms with E-state index in [1.54, 1.807) is 60.7 Å². The van der Waals surface area contributed by atoms with Gasteiger partial charge >= 0.3 is 17.6 Å². The van der Waals surface area contributed by atoms with Gasteiger partial charge < -0.3 is 23.9 Å². The average Bonchev–Trinajstić information content (AvgIpc) is 2.93. The fourth-order valence-corrected chi connectivity index (χ4v) is 5.05. The largest absolute Gasteiger partial charge is 0.469 e. The summed E-state index contributed by atoms with van der Waals surface area (Å²) < 4.78 is 22.5. The maximum atomic E-state index is 13.7. The van der Waals surface area contributed by atoms with Gasteiger partial charge in [0.1, 0.15) is 17.3 Å². The van der Waals surface area contributed by atoms with Crippen LogP contribution in [0.5, 0.6) is 5.75 Å². The summed E-state index contributed by atoms with van der Waals surface area (Å²) in [5, 5.41) is 4.01. The zero-order valence-electron chi connectivity index (χ0n) is 20.8. The van der Waals surface area contributed by atoms with Crippen molar-refractivity contribution < 1.29 is 28.2 Å². The van der Waals surface area contributed by atoms with Crippen LogP contribution in [0.3, 0.4) is 0 Å². The summed E-state index contributed by atoms with van der Waals surface area (Å²) in [4.78, 5) is 40.8. The van der Waals surface area contributed by atoms with E-state index < -0.39 is 35.1 Å². The number of methoxy groups -OCH3 is 2. The van der Waals surface area contributed by atoms with E-state index in [0.29, 0.717) is 21.7 Å². The Morgan fingerprint density at radius 1 is 0.947 bits per heavy atom. The van der Waals surface area contributed by atoms with Gasteiger partial charge in [-0.1, -0.05) is 53.6 Å². The van der Waals surface area contributed by atoms with Gasteiger partial charge in [-0.2, -0.15) is 0 Å². The number of halogens is 1. The number of carbonyl (C=O) groups is 2. The minimum Gasteiger partial charge on any atom is -0.469 e. The molecule has 38 heavy (non-hydrogen) atoms. The minimum atomic E-state index is -2.13. The third kappa shape index (κ3) is 4.16. The van der Waals surface area contributed by atoms with Crippen LogP contribution in [0.15, 0.2) is 82.0 Å². The molecule has 8 nitrogen and oxygen atoms in total. The highest BCUT2D eigenvalue weighted by Crippen LogP contribution is 2.50. The molecule has 1 N–H and O–H groups in total. The Morgan fingerprint density at radius 3 is 2.29 bits per heavy atom. The molecular formula is C29H24ClNO7. The van der Waals surface area contributed by atoms with Crippen LogP contribution in [0.25, 0.3) is 11.0 Å². The van der Waals surface area contributed by atoms with E-state index in [2.05, 4.69) is 5.32 Å². The van der Waals surface area contributed by atoms with Crippen LogP contribution in [-0.4, -0.2) is 31.9 Å². The molecule has 0 bridgehead atoms. The summed E-state index contributed by atoms with van der Waals surface area (Å²) in [6.07, 6.45) is 0. The smallest absolute Gasteiger partial charge is 0.373 e. The van der Waals surface area contributed by atoms with Crippen LogP contribution in [-0.2, 0) is 19.1 Å². The zero-order valence-corrected chi connectivity index (χ0v) is 21.6. The number of esters is 2. The Labute approximate surface area is 223 Å². The van der Waals surface area contributed by atoms with Gasteiger partial charge in [-0.25, -0.2) is 9.59 Å². The number of fused-ring (bicyclic) bond motifs is 3. The summed E-state index contributed by atoms with van der Waals surface area (Å²) >= 11 is 6.08.